The summed E-state index contributed by atoms with van der Waals surface area (Å²) in [7, 11) is 0. The van der Waals surface area contributed by atoms with E-state index in [1.807, 2.05) is 0 Å². The van der Waals surface area contributed by atoms with Gasteiger partial charge in [-0.1, -0.05) is 18.2 Å². The number of benzene rings is 1. The molecule has 16 heavy (non-hydrogen) atoms. The second-order valence-corrected chi connectivity index (χ2v) is 5.10. The van der Waals surface area contributed by atoms with Crippen LogP contribution in [0.4, 0.5) is 5.69 Å². The van der Waals surface area contributed by atoms with E-state index in [0.29, 0.717) is 0 Å². The third-order valence-electron chi connectivity index (χ3n) is 3.76. The maximum Gasteiger partial charge on any atom is 0.0432 e. The highest BCUT2D eigenvalue weighted by Gasteiger charge is 2.28. The number of nitrogens with zero attached hydrogens (tertiary/aromatic N) is 1. The van der Waals surface area contributed by atoms with Crippen LogP contribution in [0.3, 0.4) is 0 Å². The lowest BCUT2D eigenvalue weighted by molar-refractivity contribution is 0.743. The number of para-hydroxylation sites is 1. The molecule has 0 aromatic heterocycles. The van der Waals surface area contributed by atoms with E-state index in [0.717, 1.165) is 18.9 Å². The first-order valence-electron chi connectivity index (χ1n) is 6.44. The number of fused-ring (bicyclic) bond motifs is 1. The van der Waals surface area contributed by atoms with Crippen molar-refractivity contribution in [1.29, 1.82) is 0 Å². The van der Waals surface area contributed by atoms with Gasteiger partial charge in [0.1, 0.15) is 0 Å². The molecule has 0 radical (unpaired) electrons. The molecule has 2 nitrogen and oxygen atoms in total. The van der Waals surface area contributed by atoms with Gasteiger partial charge in [-0.25, -0.2) is 0 Å². The van der Waals surface area contributed by atoms with Gasteiger partial charge in [0, 0.05) is 18.8 Å². The number of hydrogen-bond acceptors (Lipinski definition) is 2. The van der Waals surface area contributed by atoms with Crippen molar-refractivity contribution in [2.75, 3.05) is 24.5 Å². The molecule has 1 aliphatic carbocycles. The predicted molar refractivity (Wildman–Crippen MR) is 67.8 cm³/mol. The molecule has 3 rings (SSSR count). The van der Waals surface area contributed by atoms with Crippen molar-refractivity contribution in [3.8, 4) is 0 Å². The van der Waals surface area contributed by atoms with Crippen molar-refractivity contribution in [2.45, 2.75) is 25.7 Å². The molecule has 0 saturated heterocycles. The van der Waals surface area contributed by atoms with Crippen molar-refractivity contribution in [3.05, 3.63) is 29.3 Å². The summed E-state index contributed by atoms with van der Waals surface area (Å²) in [5.74, 6) is 0.969. The first-order valence-corrected chi connectivity index (χ1v) is 6.44. The summed E-state index contributed by atoms with van der Waals surface area (Å²) in [6.45, 7) is 3.25. The lowest BCUT2D eigenvalue weighted by Gasteiger charge is -2.22. The van der Waals surface area contributed by atoms with E-state index in [4.69, 9.17) is 5.73 Å². The van der Waals surface area contributed by atoms with Gasteiger partial charge in [0.25, 0.3) is 0 Å². The van der Waals surface area contributed by atoms with Crippen molar-refractivity contribution in [2.24, 2.45) is 11.7 Å². The lowest BCUT2D eigenvalue weighted by atomic mass is 10.0. The Kier molecular flexibility index (Phi) is 2.60. The zero-order chi connectivity index (χ0) is 11.0. The summed E-state index contributed by atoms with van der Waals surface area (Å²) in [6, 6.07) is 6.71. The first kappa shape index (κ1) is 10.2. The monoisotopic (exact) mass is 216 g/mol. The third kappa shape index (κ3) is 1.82. The Morgan fingerprint density at radius 2 is 2.19 bits per heavy atom. The van der Waals surface area contributed by atoms with Crippen molar-refractivity contribution in [3.63, 3.8) is 0 Å². The highest BCUT2D eigenvalue weighted by Crippen LogP contribution is 2.37. The summed E-state index contributed by atoms with van der Waals surface area (Å²) in [5, 5.41) is 0. The Morgan fingerprint density at radius 1 is 1.31 bits per heavy atom. The van der Waals surface area contributed by atoms with Crippen LogP contribution in [-0.4, -0.2) is 19.6 Å². The number of anilines is 1. The van der Waals surface area contributed by atoms with E-state index in [1.54, 1.807) is 0 Å². The van der Waals surface area contributed by atoms with Gasteiger partial charge in [0.05, 0.1) is 0 Å². The normalized spacial score (nSPS) is 18.9. The van der Waals surface area contributed by atoms with Gasteiger partial charge in [-0.15, -0.1) is 0 Å². The van der Waals surface area contributed by atoms with Gasteiger partial charge < -0.3 is 10.6 Å². The molecule has 1 heterocycles. The summed E-state index contributed by atoms with van der Waals surface area (Å²) in [6.07, 6.45) is 5.11. The molecule has 0 atom stereocenters. The second-order valence-electron chi connectivity index (χ2n) is 5.10. The molecule has 1 aromatic carbocycles. The molecule has 2 aliphatic rings. The molecular formula is C14H20N2. The molecule has 2 N–H and O–H groups in total. The molecular weight excluding hydrogens is 196 g/mol. The highest BCUT2D eigenvalue weighted by atomic mass is 15.2. The highest BCUT2D eigenvalue weighted by molar-refractivity contribution is 5.63. The first-order chi connectivity index (χ1) is 7.88. The van der Waals surface area contributed by atoms with Gasteiger partial charge in [0.2, 0.25) is 0 Å². The third-order valence-corrected chi connectivity index (χ3v) is 3.76. The summed E-state index contributed by atoms with van der Waals surface area (Å²) in [5.41, 5.74) is 10.2. The molecule has 1 saturated carbocycles. The standard InChI is InChI=1S/C14H20N2/c15-8-6-12-2-1-3-13-7-9-16(14(12)13)10-11-4-5-11/h1-3,11H,4-10,15H2. The van der Waals surface area contributed by atoms with Crippen LogP contribution in [0, 0.1) is 5.92 Å². The Morgan fingerprint density at radius 3 is 2.94 bits per heavy atom. The van der Waals surface area contributed by atoms with Gasteiger partial charge in [-0.05, 0) is 49.3 Å². The summed E-state index contributed by atoms with van der Waals surface area (Å²) < 4.78 is 0. The summed E-state index contributed by atoms with van der Waals surface area (Å²) >= 11 is 0. The minimum absolute atomic E-state index is 0.758. The van der Waals surface area contributed by atoms with Crippen LogP contribution in [0.25, 0.3) is 0 Å². The van der Waals surface area contributed by atoms with Crippen molar-refractivity contribution in [1.82, 2.24) is 0 Å². The van der Waals surface area contributed by atoms with Crippen LogP contribution in [0.1, 0.15) is 24.0 Å². The van der Waals surface area contributed by atoms with E-state index in [9.17, 15) is 0 Å². The molecule has 1 aromatic rings. The van der Waals surface area contributed by atoms with Crippen LogP contribution in [0.2, 0.25) is 0 Å². The Balaban J connectivity index is 1.88. The molecule has 0 spiro atoms. The van der Waals surface area contributed by atoms with Gasteiger partial charge in [-0.2, -0.15) is 0 Å². The van der Waals surface area contributed by atoms with E-state index in [-0.39, 0.29) is 0 Å². The smallest absolute Gasteiger partial charge is 0.0432 e. The van der Waals surface area contributed by atoms with Crippen LogP contribution in [0.15, 0.2) is 18.2 Å². The van der Waals surface area contributed by atoms with Gasteiger partial charge in [0.15, 0.2) is 0 Å². The topological polar surface area (TPSA) is 29.3 Å². The molecule has 0 unspecified atom stereocenters. The van der Waals surface area contributed by atoms with Crippen LogP contribution < -0.4 is 10.6 Å². The Labute approximate surface area is 97.4 Å². The predicted octanol–water partition coefficient (Wildman–Crippen LogP) is 1.96. The Hall–Kier alpha value is -1.02. The van der Waals surface area contributed by atoms with Crippen LogP contribution in [-0.2, 0) is 12.8 Å². The van der Waals surface area contributed by atoms with Crippen molar-refractivity contribution >= 4 is 5.69 Å². The van der Waals surface area contributed by atoms with E-state index < -0.39 is 0 Å². The van der Waals surface area contributed by atoms with Gasteiger partial charge in [-0.3, -0.25) is 0 Å². The molecule has 1 aliphatic heterocycles. The van der Waals surface area contributed by atoms with E-state index >= 15 is 0 Å². The fourth-order valence-corrected chi connectivity index (χ4v) is 2.77. The molecule has 86 valence electrons. The Bertz CT molecular complexity index is 382. The number of hydrogen-bond donors (Lipinski definition) is 1. The van der Waals surface area contributed by atoms with E-state index in [2.05, 4.69) is 23.1 Å². The molecule has 0 amide bonds. The fourth-order valence-electron chi connectivity index (χ4n) is 2.77. The zero-order valence-corrected chi connectivity index (χ0v) is 9.78. The zero-order valence-electron chi connectivity index (χ0n) is 9.78. The summed E-state index contributed by atoms with van der Waals surface area (Å²) in [4.78, 5) is 2.60. The van der Waals surface area contributed by atoms with Crippen LogP contribution in [0.5, 0.6) is 0 Å². The van der Waals surface area contributed by atoms with Crippen LogP contribution >= 0.6 is 0 Å². The number of nitrogens with two attached hydrogens (primary N) is 1. The van der Waals surface area contributed by atoms with Gasteiger partial charge >= 0.3 is 0 Å². The lowest BCUT2D eigenvalue weighted by Crippen LogP contribution is -2.24. The quantitative estimate of drug-likeness (QED) is 0.833. The average Bonchev–Trinajstić information content (AvgIpc) is 3.00. The average molecular weight is 216 g/mol. The maximum absolute atomic E-state index is 5.70. The van der Waals surface area contributed by atoms with E-state index in [1.165, 1.54) is 49.2 Å². The molecule has 0 bridgehead atoms. The van der Waals surface area contributed by atoms with Crippen molar-refractivity contribution < 1.29 is 0 Å². The minimum Gasteiger partial charge on any atom is -0.370 e. The number of rotatable bonds is 4. The minimum atomic E-state index is 0.758. The fraction of sp³-hybridized carbons (Fsp3) is 0.571. The largest absolute Gasteiger partial charge is 0.370 e. The molecule has 1 fully saturated rings. The second kappa shape index (κ2) is 4.10. The SMILES string of the molecule is NCCc1cccc2c1N(CC1CC1)CC2. The molecule has 2 heteroatoms. The maximum atomic E-state index is 5.70.